The summed E-state index contributed by atoms with van der Waals surface area (Å²) in [5.74, 6) is -2.19. The van der Waals surface area contributed by atoms with Crippen molar-refractivity contribution >= 4 is 17.6 Å². The summed E-state index contributed by atoms with van der Waals surface area (Å²) in [4.78, 5) is 11.6. The Labute approximate surface area is 196 Å². The fourth-order valence-electron chi connectivity index (χ4n) is 3.90. The molecule has 1 aliphatic rings. The van der Waals surface area contributed by atoms with E-state index in [1.807, 2.05) is 0 Å². The van der Waals surface area contributed by atoms with Gasteiger partial charge in [-0.15, -0.1) is 10.2 Å². The molecule has 3 aromatic rings. The number of hydrogen-bond acceptors (Lipinski definition) is 6. The zero-order chi connectivity index (χ0) is 24.6. The molecule has 0 fully saturated rings. The third-order valence-electron chi connectivity index (χ3n) is 5.20. The van der Waals surface area contributed by atoms with Crippen LogP contribution in [0, 0.1) is 0 Å². The summed E-state index contributed by atoms with van der Waals surface area (Å²) >= 11 is 6.23. The first-order chi connectivity index (χ1) is 16.2. The molecule has 0 amide bonds. The molecule has 0 saturated heterocycles. The third-order valence-corrected chi connectivity index (χ3v) is 5.44. The highest BCUT2D eigenvalue weighted by molar-refractivity contribution is 6.30. The predicted molar refractivity (Wildman–Crippen MR) is 113 cm³/mol. The summed E-state index contributed by atoms with van der Waals surface area (Å²) in [5.41, 5.74) is 0.730. The Hall–Kier alpha value is -3.31. The minimum absolute atomic E-state index is 0.0554. The zero-order valence-electron chi connectivity index (χ0n) is 18.0. The summed E-state index contributed by atoms with van der Waals surface area (Å²) in [6.45, 7) is 2.03. The van der Waals surface area contributed by atoms with E-state index >= 15 is 0 Å². The topological polar surface area (TPSA) is 95.7 Å². The largest absolute Gasteiger partial charge is 0.493 e. The second kappa shape index (κ2) is 9.15. The van der Waals surface area contributed by atoms with Crippen LogP contribution in [0.5, 0.6) is 11.5 Å². The van der Waals surface area contributed by atoms with Gasteiger partial charge >= 0.3 is 12.1 Å². The molecule has 1 aromatic heterocycles. The van der Waals surface area contributed by atoms with Crippen LogP contribution < -0.4 is 9.47 Å². The minimum atomic E-state index is -4.86. The number of fused-ring (bicyclic) bond motifs is 3. The number of methoxy groups -OCH3 is 1. The van der Waals surface area contributed by atoms with Crippen molar-refractivity contribution in [3.8, 4) is 17.2 Å². The molecule has 34 heavy (non-hydrogen) atoms. The van der Waals surface area contributed by atoms with Crippen molar-refractivity contribution in [2.24, 2.45) is 0 Å². The quantitative estimate of drug-likeness (QED) is 0.513. The minimum Gasteiger partial charge on any atom is -0.493 e. The van der Waals surface area contributed by atoms with Crippen molar-refractivity contribution in [3.63, 3.8) is 0 Å². The molecular weight excluding hydrogens is 479 g/mol. The molecule has 0 spiro atoms. The molecule has 1 aliphatic heterocycles. The van der Waals surface area contributed by atoms with Crippen molar-refractivity contribution < 1.29 is 37.3 Å². The Bertz CT molecular complexity index is 1230. The lowest BCUT2D eigenvalue weighted by Gasteiger charge is -2.25. The number of halogens is 4. The fourth-order valence-corrected chi connectivity index (χ4v) is 4.08. The maximum Gasteiger partial charge on any atom is 0.452 e. The van der Waals surface area contributed by atoms with Crippen LogP contribution in [-0.2, 0) is 15.7 Å². The van der Waals surface area contributed by atoms with E-state index in [-0.39, 0.29) is 28.7 Å². The standard InChI is InChI=1S/C22H19ClF3N3O5/c1-3-33-19-12(5-4-6-15(19)32-2)18-13-9-11(23)7-8-14(13)29-20(16(34-18)10-17(30)31)27-28-21(29)22(24,25)26/h4-9,16,18H,3,10H2,1-2H3,(H,30,31)/t16-,18-/m0/s1. The molecule has 2 aromatic carbocycles. The Kier molecular flexibility index (Phi) is 6.41. The molecule has 0 bridgehead atoms. The van der Waals surface area contributed by atoms with Gasteiger partial charge in [0.2, 0.25) is 5.82 Å². The maximum atomic E-state index is 13.8. The number of carbonyl (C=O) groups is 1. The number of aliphatic carboxylic acids is 1. The number of carboxylic acid groups (broad SMARTS) is 1. The zero-order valence-corrected chi connectivity index (χ0v) is 18.7. The number of hydrogen-bond donors (Lipinski definition) is 1. The first kappa shape index (κ1) is 23.8. The lowest BCUT2D eigenvalue weighted by Crippen LogP contribution is -2.17. The number of ether oxygens (including phenoxy) is 3. The number of alkyl halides is 3. The molecule has 0 radical (unpaired) electrons. The lowest BCUT2D eigenvalue weighted by atomic mass is 9.98. The fraction of sp³-hybridized carbons (Fsp3) is 0.318. The van der Waals surface area contributed by atoms with Crippen LogP contribution in [0.1, 0.15) is 48.3 Å². The monoisotopic (exact) mass is 497 g/mol. The predicted octanol–water partition coefficient (Wildman–Crippen LogP) is 4.98. The van der Waals surface area contributed by atoms with Gasteiger partial charge in [0.05, 0.1) is 25.8 Å². The highest BCUT2D eigenvalue weighted by atomic mass is 35.5. The van der Waals surface area contributed by atoms with Crippen LogP contribution in [0.3, 0.4) is 0 Å². The number of aromatic nitrogens is 3. The van der Waals surface area contributed by atoms with Crippen molar-refractivity contribution in [3.05, 3.63) is 64.2 Å². The molecule has 0 aliphatic carbocycles. The highest BCUT2D eigenvalue weighted by Crippen LogP contribution is 2.47. The molecule has 0 saturated carbocycles. The van der Waals surface area contributed by atoms with E-state index in [1.54, 1.807) is 25.1 Å². The van der Waals surface area contributed by atoms with E-state index in [0.29, 0.717) is 17.1 Å². The van der Waals surface area contributed by atoms with Crippen LogP contribution in [0.15, 0.2) is 36.4 Å². The first-order valence-corrected chi connectivity index (χ1v) is 10.5. The van der Waals surface area contributed by atoms with Gasteiger partial charge in [-0.05, 0) is 31.2 Å². The van der Waals surface area contributed by atoms with Gasteiger partial charge in [-0.25, -0.2) is 0 Å². The highest BCUT2D eigenvalue weighted by Gasteiger charge is 2.43. The number of nitrogens with zero attached hydrogens (tertiary/aromatic N) is 3. The molecule has 2 atom stereocenters. The van der Waals surface area contributed by atoms with E-state index < -0.39 is 36.6 Å². The van der Waals surface area contributed by atoms with E-state index in [0.717, 1.165) is 4.57 Å². The van der Waals surface area contributed by atoms with Crippen LogP contribution in [0.25, 0.3) is 5.69 Å². The number of rotatable bonds is 6. The van der Waals surface area contributed by atoms with Crippen molar-refractivity contribution in [1.82, 2.24) is 14.8 Å². The Morgan fingerprint density at radius 2 is 2.00 bits per heavy atom. The maximum absolute atomic E-state index is 13.8. The number of carboxylic acids is 1. The van der Waals surface area contributed by atoms with Gasteiger partial charge in [0.25, 0.3) is 0 Å². The Morgan fingerprint density at radius 3 is 2.65 bits per heavy atom. The van der Waals surface area contributed by atoms with Gasteiger partial charge in [0.15, 0.2) is 17.3 Å². The molecule has 12 heteroatoms. The molecule has 2 heterocycles. The van der Waals surface area contributed by atoms with Crippen molar-refractivity contribution in [2.45, 2.75) is 31.7 Å². The van der Waals surface area contributed by atoms with Gasteiger partial charge in [-0.1, -0.05) is 23.7 Å². The average molecular weight is 498 g/mol. The second-order valence-corrected chi connectivity index (χ2v) is 7.77. The summed E-state index contributed by atoms with van der Waals surface area (Å²) < 4.78 is 59.7. The Morgan fingerprint density at radius 1 is 1.24 bits per heavy atom. The second-order valence-electron chi connectivity index (χ2n) is 7.33. The van der Waals surface area contributed by atoms with Crippen molar-refractivity contribution in [2.75, 3.05) is 13.7 Å². The number of para-hydroxylation sites is 1. The molecule has 4 rings (SSSR count). The van der Waals surface area contributed by atoms with Gasteiger partial charge < -0.3 is 19.3 Å². The van der Waals surface area contributed by atoms with Crippen LogP contribution in [0.2, 0.25) is 5.02 Å². The smallest absolute Gasteiger partial charge is 0.452 e. The van der Waals surface area contributed by atoms with Gasteiger partial charge in [0.1, 0.15) is 12.2 Å². The SMILES string of the molecule is CCOc1c(OC)cccc1[C@@H]1O[C@@H](CC(=O)O)c2nnc(C(F)(F)F)n2-c2ccc(Cl)cc21. The number of benzene rings is 2. The first-order valence-electron chi connectivity index (χ1n) is 10.1. The Balaban J connectivity index is 2.03. The van der Waals surface area contributed by atoms with Crippen LogP contribution in [0.4, 0.5) is 13.2 Å². The lowest BCUT2D eigenvalue weighted by molar-refractivity contribution is -0.146. The van der Waals surface area contributed by atoms with E-state index in [4.69, 9.17) is 25.8 Å². The van der Waals surface area contributed by atoms with Crippen LogP contribution in [-0.4, -0.2) is 39.6 Å². The van der Waals surface area contributed by atoms with Gasteiger partial charge in [0, 0.05) is 16.1 Å². The summed E-state index contributed by atoms with van der Waals surface area (Å²) in [6.07, 6.45) is -7.93. The summed E-state index contributed by atoms with van der Waals surface area (Å²) in [5, 5.41) is 16.7. The molecule has 0 unspecified atom stereocenters. The van der Waals surface area contributed by atoms with Crippen LogP contribution >= 0.6 is 11.6 Å². The average Bonchev–Trinajstić information content (AvgIpc) is 3.18. The van der Waals surface area contributed by atoms with E-state index in [9.17, 15) is 23.1 Å². The van der Waals surface area contributed by atoms with E-state index in [2.05, 4.69) is 10.2 Å². The normalized spacial score (nSPS) is 17.5. The van der Waals surface area contributed by atoms with Gasteiger partial charge in [-0.3, -0.25) is 9.36 Å². The molecule has 8 nitrogen and oxygen atoms in total. The third kappa shape index (κ3) is 4.28. The van der Waals surface area contributed by atoms with Gasteiger partial charge in [-0.2, -0.15) is 13.2 Å². The molecular formula is C22H19ClF3N3O5. The molecule has 1 N–H and O–H groups in total. The van der Waals surface area contributed by atoms with Crippen molar-refractivity contribution in [1.29, 1.82) is 0 Å². The summed E-state index contributed by atoms with van der Waals surface area (Å²) in [7, 11) is 1.45. The van der Waals surface area contributed by atoms with E-state index in [1.165, 1.54) is 25.3 Å². The summed E-state index contributed by atoms with van der Waals surface area (Å²) in [6, 6.07) is 9.27. The molecule has 180 valence electrons.